The Labute approximate surface area is 69.8 Å². The molecule has 0 aliphatic heterocycles. The number of nitrogens with one attached hydrogen (secondary N) is 1. The molecule has 12 heavy (non-hydrogen) atoms. The first-order valence-electron chi connectivity index (χ1n) is 3.61. The predicted molar refractivity (Wildman–Crippen MR) is 42.6 cm³/mol. The molecule has 0 fully saturated rings. The third-order valence-electron chi connectivity index (χ3n) is 1.44. The molecule has 68 valence electrons. The lowest BCUT2D eigenvalue weighted by Crippen LogP contribution is -2.23. The molecule has 1 unspecified atom stereocenters. The van der Waals surface area contributed by atoms with Gasteiger partial charge < -0.3 is 15.5 Å². The lowest BCUT2D eigenvalue weighted by atomic mass is 10.4. The highest BCUT2D eigenvalue weighted by Gasteiger charge is 2.03. The molecule has 0 aromatic carbocycles. The summed E-state index contributed by atoms with van der Waals surface area (Å²) in [7, 11) is 1.74. The van der Waals surface area contributed by atoms with Gasteiger partial charge in [0.1, 0.15) is 5.82 Å². The van der Waals surface area contributed by atoms with Crippen LogP contribution in [0.4, 0.5) is 5.82 Å². The Hall–Kier alpha value is -1.14. The van der Waals surface area contributed by atoms with E-state index >= 15 is 0 Å². The van der Waals surface area contributed by atoms with E-state index in [-0.39, 0.29) is 13.2 Å². The minimum Gasteiger partial charge on any atom is -0.394 e. The Balaban J connectivity index is 2.38. The molecule has 1 aromatic heterocycles. The molecule has 0 bridgehead atoms. The molecule has 1 heterocycles. The van der Waals surface area contributed by atoms with Gasteiger partial charge in [-0.2, -0.15) is 0 Å². The molecule has 0 aliphatic carbocycles. The average Bonchev–Trinajstić information content (AvgIpc) is 2.47. The van der Waals surface area contributed by atoms with E-state index in [0.717, 1.165) is 0 Å². The number of rotatable bonds is 4. The van der Waals surface area contributed by atoms with Crippen molar-refractivity contribution in [2.75, 3.05) is 18.5 Å². The van der Waals surface area contributed by atoms with Crippen LogP contribution in [0, 0.1) is 0 Å². The molecule has 6 heteroatoms. The summed E-state index contributed by atoms with van der Waals surface area (Å²) in [4.78, 5) is 0. The number of anilines is 1. The fourth-order valence-electron chi connectivity index (χ4n) is 0.737. The number of aliphatic hydroxyl groups is 2. The van der Waals surface area contributed by atoms with Gasteiger partial charge in [0.05, 0.1) is 18.9 Å². The zero-order valence-corrected chi connectivity index (χ0v) is 6.80. The summed E-state index contributed by atoms with van der Waals surface area (Å²) in [5.41, 5.74) is 0. The summed E-state index contributed by atoms with van der Waals surface area (Å²) in [6, 6.07) is 0. The first-order valence-corrected chi connectivity index (χ1v) is 3.61. The fourth-order valence-corrected chi connectivity index (χ4v) is 0.737. The van der Waals surface area contributed by atoms with Crippen LogP contribution in [0.25, 0.3) is 0 Å². The first-order chi connectivity index (χ1) is 5.74. The van der Waals surface area contributed by atoms with Gasteiger partial charge in [0, 0.05) is 13.6 Å². The molecule has 3 N–H and O–H groups in total. The Morgan fingerprint density at radius 1 is 1.75 bits per heavy atom. The van der Waals surface area contributed by atoms with Crippen LogP contribution in [0.5, 0.6) is 0 Å². The van der Waals surface area contributed by atoms with Crippen LogP contribution in [0.15, 0.2) is 6.20 Å². The van der Waals surface area contributed by atoms with E-state index in [0.29, 0.717) is 5.82 Å². The predicted octanol–water partition coefficient (Wildman–Crippen LogP) is -1.42. The standard InChI is InChI=1S/C6H12N4O2/c1-10-6(3-8-9-10)7-2-5(12)4-11/h3,5,7,11-12H,2,4H2,1H3. The first kappa shape index (κ1) is 8.95. The Bertz CT molecular complexity index is 237. The minimum absolute atomic E-state index is 0.252. The van der Waals surface area contributed by atoms with E-state index in [1.54, 1.807) is 17.9 Å². The van der Waals surface area contributed by atoms with Gasteiger partial charge in [-0.25, -0.2) is 4.68 Å². The molecule has 1 atom stereocenters. The van der Waals surface area contributed by atoms with Gasteiger partial charge in [0.2, 0.25) is 0 Å². The summed E-state index contributed by atoms with van der Waals surface area (Å²) in [6.07, 6.45) is 0.796. The third-order valence-corrected chi connectivity index (χ3v) is 1.44. The van der Waals surface area contributed by atoms with E-state index in [2.05, 4.69) is 15.6 Å². The molecule has 1 rings (SSSR count). The van der Waals surface area contributed by atoms with Crippen molar-refractivity contribution >= 4 is 5.82 Å². The molecule has 0 aliphatic rings. The summed E-state index contributed by atoms with van der Waals surface area (Å²) in [6.45, 7) is 0.0377. The highest BCUT2D eigenvalue weighted by molar-refractivity contribution is 5.30. The second kappa shape index (κ2) is 4.03. The molecule has 0 saturated carbocycles. The van der Waals surface area contributed by atoms with Crippen molar-refractivity contribution in [2.24, 2.45) is 7.05 Å². The smallest absolute Gasteiger partial charge is 0.144 e. The summed E-state index contributed by atoms with van der Waals surface area (Å²) >= 11 is 0. The zero-order chi connectivity index (χ0) is 8.97. The molecule has 6 nitrogen and oxygen atoms in total. The van der Waals surface area contributed by atoms with Gasteiger partial charge in [0.25, 0.3) is 0 Å². The summed E-state index contributed by atoms with van der Waals surface area (Å²) in [5.74, 6) is 0.711. The van der Waals surface area contributed by atoms with Crippen LogP contribution in [0.3, 0.4) is 0 Å². The maximum Gasteiger partial charge on any atom is 0.144 e. The van der Waals surface area contributed by atoms with Crippen molar-refractivity contribution in [2.45, 2.75) is 6.10 Å². The molecule has 0 amide bonds. The number of hydrogen-bond donors (Lipinski definition) is 3. The monoisotopic (exact) mass is 172 g/mol. The highest BCUT2D eigenvalue weighted by Crippen LogP contribution is 1.99. The van der Waals surface area contributed by atoms with Crippen molar-refractivity contribution in [1.29, 1.82) is 0 Å². The maximum absolute atomic E-state index is 8.99. The maximum atomic E-state index is 8.99. The van der Waals surface area contributed by atoms with E-state index in [9.17, 15) is 0 Å². The van der Waals surface area contributed by atoms with Gasteiger partial charge in [-0.1, -0.05) is 5.21 Å². The summed E-state index contributed by atoms with van der Waals surface area (Å²) in [5, 5.41) is 27.7. The topological polar surface area (TPSA) is 83.2 Å². The van der Waals surface area contributed by atoms with E-state index in [1.165, 1.54) is 0 Å². The van der Waals surface area contributed by atoms with E-state index < -0.39 is 6.10 Å². The molecule has 0 saturated heterocycles. The molecule has 1 aromatic rings. The fraction of sp³-hybridized carbons (Fsp3) is 0.667. The van der Waals surface area contributed by atoms with E-state index in [1.807, 2.05) is 0 Å². The van der Waals surface area contributed by atoms with Crippen LogP contribution in [0.1, 0.15) is 0 Å². The normalized spacial score (nSPS) is 12.9. The molecular formula is C6H12N4O2. The second-order valence-corrected chi connectivity index (χ2v) is 2.46. The molecule has 0 radical (unpaired) electrons. The number of nitrogens with zero attached hydrogens (tertiary/aromatic N) is 3. The van der Waals surface area contributed by atoms with Crippen molar-refractivity contribution < 1.29 is 10.2 Å². The van der Waals surface area contributed by atoms with Gasteiger partial charge in [-0.15, -0.1) is 5.10 Å². The highest BCUT2D eigenvalue weighted by atomic mass is 16.3. The van der Waals surface area contributed by atoms with E-state index in [4.69, 9.17) is 10.2 Å². The second-order valence-electron chi connectivity index (χ2n) is 2.46. The Morgan fingerprint density at radius 2 is 2.50 bits per heavy atom. The van der Waals surface area contributed by atoms with Crippen molar-refractivity contribution in [3.63, 3.8) is 0 Å². The lowest BCUT2D eigenvalue weighted by molar-refractivity contribution is 0.105. The average molecular weight is 172 g/mol. The van der Waals surface area contributed by atoms with Crippen LogP contribution in [0.2, 0.25) is 0 Å². The largest absolute Gasteiger partial charge is 0.394 e. The van der Waals surface area contributed by atoms with Gasteiger partial charge in [0.15, 0.2) is 0 Å². The van der Waals surface area contributed by atoms with Crippen LogP contribution in [-0.2, 0) is 7.05 Å². The zero-order valence-electron chi connectivity index (χ0n) is 6.80. The van der Waals surface area contributed by atoms with Gasteiger partial charge >= 0.3 is 0 Å². The van der Waals surface area contributed by atoms with Crippen LogP contribution >= 0.6 is 0 Å². The molecule has 0 spiro atoms. The SMILES string of the molecule is Cn1nncc1NCC(O)CO. The van der Waals surface area contributed by atoms with Crippen LogP contribution < -0.4 is 5.32 Å². The number of aliphatic hydroxyl groups excluding tert-OH is 2. The van der Waals surface area contributed by atoms with Crippen molar-refractivity contribution in [1.82, 2.24) is 15.0 Å². The van der Waals surface area contributed by atoms with Crippen molar-refractivity contribution in [3.05, 3.63) is 6.20 Å². The Kier molecular flexibility index (Phi) is 3.01. The van der Waals surface area contributed by atoms with Crippen LogP contribution in [-0.4, -0.2) is 44.5 Å². The van der Waals surface area contributed by atoms with Crippen molar-refractivity contribution in [3.8, 4) is 0 Å². The van der Waals surface area contributed by atoms with Gasteiger partial charge in [-0.05, 0) is 0 Å². The summed E-state index contributed by atoms with van der Waals surface area (Å²) < 4.78 is 1.55. The minimum atomic E-state index is -0.750. The van der Waals surface area contributed by atoms with Gasteiger partial charge in [-0.3, -0.25) is 0 Å². The number of hydrogen-bond acceptors (Lipinski definition) is 5. The number of aromatic nitrogens is 3. The third kappa shape index (κ3) is 2.18. The Morgan fingerprint density at radius 3 is 3.00 bits per heavy atom. The molecular weight excluding hydrogens is 160 g/mol. The number of aryl methyl sites for hydroxylation is 1. The lowest BCUT2D eigenvalue weighted by Gasteiger charge is -2.08. The quantitative estimate of drug-likeness (QED) is 0.519.